The van der Waals surface area contributed by atoms with Gasteiger partial charge < -0.3 is 49.9 Å². The Hall–Kier alpha value is -4.85. The van der Waals surface area contributed by atoms with Crippen molar-refractivity contribution >= 4 is 29.3 Å². The predicted molar refractivity (Wildman–Crippen MR) is 257 cm³/mol. The Balaban J connectivity index is 0.000000463. The van der Waals surface area contributed by atoms with Gasteiger partial charge in [-0.05, 0) is 108 Å². The number of anilines is 2. The van der Waals surface area contributed by atoms with Crippen LogP contribution in [0.2, 0.25) is 0 Å². The second kappa shape index (κ2) is 34.6. The molecule has 4 N–H and O–H groups in total. The normalized spacial score (nSPS) is 13.3. The number of piperidine rings is 1. The molecule has 1 saturated heterocycles. The number of rotatable bonds is 23. The van der Waals surface area contributed by atoms with Gasteiger partial charge in [-0.25, -0.2) is 14.4 Å². The van der Waals surface area contributed by atoms with Crippen LogP contribution in [0.4, 0.5) is 11.4 Å². The van der Waals surface area contributed by atoms with Crippen LogP contribution >= 0.6 is 0 Å². The lowest BCUT2D eigenvalue weighted by molar-refractivity contribution is 0.0455. The van der Waals surface area contributed by atoms with Crippen molar-refractivity contribution < 1.29 is 38.1 Å². The van der Waals surface area contributed by atoms with E-state index in [4.69, 9.17) is 35.2 Å². The first-order chi connectivity index (χ1) is 30.5. The zero-order valence-corrected chi connectivity index (χ0v) is 40.1. The monoisotopic (exact) mass is 880 g/mol. The van der Waals surface area contributed by atoms with Crippen molar-refractivity contribution in [3.63, 3.8) is 0 Å². The molecule has 4 rings (SSSR count). The lowest BCUT2D eigenvalue weighted by Crippen LogP contribution is -2.38. The van der Waals surface area contributed by atoms with Gasteiger partial charge in [0.15, 0.2) is 0 Å². The molecule has 1 heterocycles. The maximum absolute atomic E-state index is 12.1. The van der Waals surface area contributed by atoms with E-state index in [0.29, 0.717) is 78.6 Å². The van der Waals surface area contributed by atoms with Gasteiger partial charge in [-0.2, -0.15) is 0 Å². The van der Waals surface area contributed by atoms with Gasteiger partial charge in [0.25, 0.3) is 0 Å². The van der Waals surface area contributed by atoms with Crippen LogP contribution in [0.5, 0.6) is 11.5 Å². The summed E-state index contributed by atoms with van der Waals surface area (Å²) in [5, 5.41) is 0. The van der Waals surface area contributed by atoms with Crippen LogP contribution in [-0.4, -0.2) is 124 Å². The molecule has 1 fully saturated rings. The van der Waals surface area contributed by atoms with Crippen molar-refractivity contribution in [2.75, 3.05) is 96.9 Å². The number of esters is 3. The van der Waals surface area contributed by atoms with Crippen LogP contribution in [-0.2, 0) is 14.2 Å². The number of nitrogens with two attached hydrogens (primary N) is 2. The summed E-state index contributed by atoms with van der Waals surface area (Å²) in [5.74, 6) is 0.195. The molecule has 63 heavy (non-hydrogen) atoms. The number of likely N-dealkylation sites (N-methyl/N-ethyl adjacent to an activating group) is 2. The van der Waals surface area contributed by atoms with E-state index in [1.54, 1.807) is 48.5 Å². The maximum atomic E-state index is 12.1. The summed E-state index contributed by atoms with van der Waals surface area (Å²) in [6.45, 7) is 28.6. The number of likely N-dealkylation sites (tertiary alicyclic amines) is 1. The fraction of sp³-hybridized carbons (Fsp3) is 0.580. The molecular weight excluding hydrogens is 799 g/mol. The molecule has 354 valence electrons. The van der Waals surface area contributed by atoms with Crippen LogP contribution in [0.3, 0.4) is 0 Å². The molecule has 0 amide bonds. The molecule has 3 aromatic rings. The van der Waals surface area contributed by atoms with Crippen LogP contribution in [0.15, 0.2) is 66.7 Å². The number of carbonyl (C=O) groups is 3. The molecule has 0 spiro atoms. The molecule has 13 nitrogen and oxygen atoms in total. The number of benzene rings is 3. The molecule has 1 atom stereocenters. The Morgan fingerprint density at radius 2 is 1.21 bits per heavy atom. The fourth-order valence-corrected chi connectivity index (χ4v) is 6.43. The number of nitrogens with zero attached hydrogens (tertiary/aromatic N) is 3. The first kappa shape index (κ1) is 56.2. The van der Waals surface area contributed by atoms with Crippen LogP contribution in [0.1, 0.15) is 132 Å². The van der Waals surface area contributed by atoms with Crippen molar-refractivity contribution in [1.29, 1.82) is 0 Å². The Morgan fingerprint density at radius 1 is 0.651 bits per heavy atom. The number of ether oxygens (including phenoxy) is 5. The summed E-state index contributed by atoms with van der Waals surface area (Å²) in [7, 11) is 0. The largest absolute Gasteiger partial charge is 0.494 e. The lowest BCUT2D eigenvalue weighted by Gasteiger charge is -2.33. The minimum absolute atomic E-state index is 0.215. The van der Waals surface area contributed by atoms with Crippen molar-refractivity contribution in [2.24, 2.45) is 0 Å². The van der Waals surface area contributed by atoms with E-state index in [9.17, 15) is 14.4 Å². The van der Waals surface area contributed by atoms with Gasteiger partial charge >= 0.3 is 17.9 Å². The molecule has 0 radical (unpaired) electrons. The first-order valence-electron chi connectivity index (χ1n) is 23.3. The number of nitrogen functional groups attached to an aromatic ring is 2. The number of carbonyl (C=O) groups excluding carboxylic acids is 3. The van der Waals surface area contributed by atoms with Crippen LogP contribution in [0.25, 0.3) is 0 Å². The maximum Gasteiger partial charge on any atom is 0.341 e. The van der Waals surface area contributed by atoms with Crippen LogP contribution < -0.4 is 20.9 Å². The van der Waals surface area contributed by atoms with E-state index in [-0.39, 0.29) is 17.9 Å². The highest BCUT2D eigenvalue weighted by atomic mass is 16.5. The Labute approximate surface area is 379 Å². The highest BCUT2D eigenvalue weighted by molar-refractivity contribution is 5.95. The average Bonchev–Trinajstić information content (AvgIpc) is 3.31. The Morgan fingerprint density at radius 3 is 1.76 bits per heavy atom. The van der Waals surface area contributed by atoms with Crippen LogP contribution in [0, 0.1) is 0 Å². The molecular formula is C50H81N5O8. The molecule has 0 bridgehead atoms. The van der Waals surface area contributed by atoms with E-state index in [2.05, 4.69) is 49.3 Å². The molecule has 1 aliphatic rings. The lowest BCUT2D eigenvalue weighted by atomic mass is 10.0. The summed E-state index contributed by atoms with van der Waals surface area (Å²) in [6.07, 6.45) is 6.65. The van der Waals surface area contributed by atoms with E-state index in [1.807, 2.05) is 45.9 Å². The van der Waals surface area contributed by atoms with E-state index in [1.165, 1.54) is 25.8 Å². The minimum Gasteiger partial charge on any atom is -0.494 e. The Kier molecular flexibility index (Phi) is 30.9. The van der Waals surface area contributed by atoms with Gasteiger partial charge in [-0.15, -0.1) is 0 Å². The van der Waals surface area contributed by atoms with Crippen molar-refractivity contribution in [3.05, 3.63) is 83.4 Å². The molecule has 1 aliphatic heterocycles. The predicted octanol–water partition coefficient (Wildman–Crippen LogP) is 9.25. The van der Waals surface area contributed by atoms with Crippen molar-refractivity contribution in [2.45, 2.75) is 107 Å². The summed E-state index contributed by atoms with van der Waals surface area (Å²) >= 11 is 0. The van der Waals surface area contributed by atoms with Gasteiger partial charge in [-0.1, -0.05) is 80.0 Å². The van der Waals surface area contributed by atoms with Crippen molar-refractivity contribution in [3.8, 4) is 11.5 Å². The van der Waals surface area contributed by atoms with Gasteiger partial charge in [0.2, 0.25) is 0 Å². The quantitative estimate of drug-likeness (QED) is 0.0402. The number of hydrogen-bond donors (Lipinski definition) is 2. The van der Waals surface area contributed by atoms with Gasteiger partial charge in [0.1, 0.15) is 30.3 Å². The summed E-state index contributed by atoms with van der Waals surface area (Å²) < 4.78 is 26.9. The summed E-state index contributed by atoms with van der Waals surface area (Å²) in [6, 6.07) is 19.9. The zero-order chi connectivity index (χ0) is 46.8. The van der Waals surface area contributed by atoms with E-state index in [0.717, 1.165) is 65.1 Å². The molecule has 3 aromatic carbocycles. The van der Waals surface area contributed by atoms with Gasteiger partial charge in [-0.3, -0.25) is 0 Å². The SMILES string of the molecule is CC.CC1CCCCN1CCCOC(=O)c1ccccc1.CCCOc1cc(N)ccc1C(=O)OCCN(CC)CC.CCCOc1ccc(C(=O)OCCN(CC)CC)c(N)c1. The summed E-state index contributed by atoms with van der Waals surface area (Å²) in [5.41, 5.74) is 14.0. The zero-order valence-electron chi connectivity index (χ0n) is 40.1. The molecule has 0 aliphatic carbocycles. The molecule has 13 heteroatoms. The minimum atomic E-state index is -0.387. The second-order valence-corrected chi connectivity index (χ2v) is 14.8. The molecule has 1 unspecified atom stereocenters. The van der Waals surface area contributed by atoms with Crippen molar-refractivity contribution in [1.82, 2.24) is 14.7 Å². The highest BCUT2D eigenvalue weighted by Crippen LogP contribution is 2.24. The molecule has 0 aromatic heterocycles. The standard InChI is InChI=1S/2C16H26N2O3.C16H23NO2.C2H6/c1-4-10-20-13-7-8-14(15(17)12-13)16(19)21-11-9-18(5-2)6-3;1-4-10-20-15-12-13(17)7-8-14(15)16(19)21-11-9-18(5-2)6-3;1-14-8-5-6-11-17(14)12-7-13-19-16(18)15-9-3-2-4-10-15;1-2/h2*7-8,12H,4-6,9-11,17H2,1-3H3;2-4,9-10,14H,5-8,11-13H2,1H3;1-2H3. The fourth-order valence-electron chi connectivity index (χ4n) is 6.43. The number of hydrogen-bond acceptors (Lipinski definition) is 13. The Bertz CT molecular complexity index is 1670. The average molecular weight is 880 g/mol. The van der Waals surface area contributed by atoms with Gasteiger partial charge in [0.05, 0.1) is 30.9 Å². The second-order valence-electron chi connectivity index (χ2n) is 14.8. The first-order valence-corrected chi connectivity index (χ1v) is 23.3. The van der Waals surface area contributed by atoms with Gasteiger partial charge in [0, 0.05) is 49.2 Å². The molecule has 0 saturated carbocycles. The third-order valence-corrected chi connectivity index (χ3v) is 10.2. The highest BCUT2D eigenvalue weighted by Gasteiger charge is 2.18. The summed E-state index contributed by atoms with van der Waals surface area (Å²) in [4.78, 5) is 42.7. The van der Waals surface area contributed by atoms with E-state index >= 15 is 0 Å². The van der Waals surface area contributed by atoms with E-state index < -0.39 is 0 Å². The third kappa shape index (κ3) is 22.9. The smallest absolute Gasteiger partial charge is 0.341 e. The third-order valence-electron chi connectivity index (χ3n) is 10.2. The topological polar surface area (TPSA) is 159 Å².